The SMILES string of the molecule is CCC(C)(N)COCc1cc(Cl)ccc1[N+](=O)[O-]. The topological polar surface area (TPSA) is 78.4 Å². The van der Waals surface area contributed by atoms with Crippen molar-refractivity contribution in [2.24, 2.45) is 5.73 Å². The molecule has 0 spiro atoms. The van der Waals surface area contributed by atoms with E-state index in [1.54, 1.807) is 6.07 Å². The molecule has 1 atom stereocenters. The Labute approximate surface area is 111 Å². The molecule has 0 heterocycles. The van der Waals surface area contributed by atoms with Gasteiger partial charge in [-0.15, -0.1) is 0 Å². The quantitative estimate of drug-likeness (QED) is 0.638. The Morgan fingerprint density at radius 2 is 2.22 bits per heavy atom. The van der Waals surface area contributed by atoms with E-state index in [1.807, 2.05) is 13.8 Å². The summed E-state index contributed by atoms with van der Waals surface area (Å²) in [4.78, 5) is 10.4. The van der Waals surface area contributed by atoms with Crippen LogP contribution in [-0.2, 0) is 11.3 Å². The molecule has 5 nitrogen and oxygen atoms in total. The lowest BCUT2D eigenvalue weighted by Crippen LogP contribution is -2.40. The van der Waals surface area contributed by atoms with Gasteiger partial charge >= 0.3 is 0 Å². The molecule has 0 saturated carbocycles. The van der Waals surface area contributed by atoms with E-state index in [0.29, 0.717) is 17.2 Å². The Hall–Kier alpha value is -1.17. The number of rotatable bonds is 6. The van der Waals surface area contributed by atoms with Crippen molar-refractivity contribution in [3.05, 3.63) is 38.9 Å². The summed E-state index contributed by atoms with van der Waals surface area (Å²) in [6.07, 6.45) is 0.768. The second-order valence-electron chi connectivity index (χ2n) is 4.53. The molecule has 1 aromatic carbocycles. The summed E-state index contributed by atoms with van der Waals surface area (Å²) in [5.41, 5.74) is 5.97. The summed E-state index contributed by atoms with van der Waals surface area (Å²) in [7, 11) is 0. The number of halogens is 1. The summed E-state index contributed by atoms with van der Waals surface area (Å²) >= 11 is 5.81. The van der Waals surface area contributed by atoms with Crippen molar-refractivity contribution < 1.29 is 9.66 Å². The molecule has 6 heteroatoms. The van der Waals surface area contributed by atoms with Crippen molar-refractivity contribution in [1.29, 1.82) is 0 Å². The molecule has 1 unspecified atom stereocenters. The zero-order chi connectivity index (χ0) is 13.8. The smallest absolute Gasteiger partial charge is 0.275 e. The number of nitro groups is 1. The van der Waals surface area contributed by atoms with Gasteiger partial charge in [-0.3, -0.25) is 10.1 Å². The lowest BCUT2D eigenvalue weighted by atomic mass is 10.0. The fourth-order valence-electron chi connectivity index (χ4n) is 1.34. The number of nitro benzene ring substituents is 1. The molecular formula is C12H17ClN2O3. The zero-order valence-electron chi connectivity index (χ0n) is 10.5. The van der Waals surface area contributed by atoms with Gasteiger partial charge in [0.25, 0.3) is 5.69 Å². The molecule has 0 radical (unpaired) electrons. The van der Waals surface area contributed by atoms with Crippen molar-refractivity contribution in [2.45, 2.75) is 32.4 Å². The van der Waals surface area contributed by atoms with Gasteiger partial charge < -0.3 is 10.5 Å². The first-order chi connectivity index (χ1) is 8.35. The van der Waals surface area contributed by atoms with Crippen LogP contribution in [0.4, 0.5) is 5.69 Å². The standard InChI is InChI=1S/C12H17ClN2O3/c1-3-12(2,14)8-18-7-9-6-10(13)4-5-11(9)15(16)17/h4-6H,3,7-8,14H2,1-2H3. The normalized spacial score (nSPS) is 14.2. The van der Waals surface area contributed by atoms with Crippen LogP contribution < -0.4 is 5.73 Å². The highest BCUT2D eigenvalue weighted by atomic mass is 35.5. The molecule has 0 aliphatic rings. The molecule has 2 N–H and O–H groups in total. The first kappa shape index (κ1) is 14.9. The molecule has 0 saturated heterocycles. The van der Waals surface area contributed by atoms with E-state index >= 15 is 0 Å². The number of nitrogens with two attached hydrogens (primary N) is 1. The number of benzene rings is 1. The average molecular weight is 273 g/mol. The largest absolute Gasteiger partial charge is 0.375 e. The molecule has 0 fully saturated rings. The third-order valence-electron chi connectivity index (χ3n) is 2.74. The molecule has 0 aliphatic carbocycles. The molecule has 0 aliphatic heterocycles. The zero-order valence-corrected chi connectivity index (χ0v) is 11.2. The molecule has 1 aromatic rings. The predicted octanol–water partition coefficient (Wildman–Crippen LogP) is 2.89. The van der Waals surface area contributed by atoms with Crippen LogP contribution in [0.2, 0.25) is 5.02 Å². The molecule has 0 amide bonds. The highest BCUT2D eigenvalue weighted by Crippen LogP contribution is 2.23. The van der Waals surface area contributed by atoms with Gasteiger partial charge in [0.2, 0.25) is 0 Å². The number of hydrogen-bond acceptors (Lipinski definition) is 4. The van der Waals surface area contributed by atoms with Crippen LogP contribution in [0.5, 0.6) is 0 Å². The monoisotopic (exact) mass is 272 g/mol. The van der Waals surface area contributed by atoms with Gasteiger partial charge in [0, 0.05) is 16.6 Å². The first-order valence-electron chi connectivity index (χ1n) is 5.65. The van der Waals surface area contributed by atoms with Gasteiger partial charge in [-0.25, -0.2) is 0 Å². The maximum absolute atomic E-state index is 10.8. The Morgan fingerprint density at radius 1 is 1.56 bits per heavy atom. The minimum Gasteiger partial charge on any atom is -0.375 e. The van der Waals surface area contributed by atoms with Crippen LogP contribution >= 0.6 is 11.6 Å². The van der Waals surface area contributed by atoms with Gasteiger partial charge in [-0.05, 0) is 25.5 Å². The van der Waals surface area contributed by atoms with E-state index in [2.05, 4.69) is 0 Å². The first-order valence-corrected chi connectivity index (χ1v) is 6.03. The number of ether oxygens (including phenoxy) is 1. The summed E-state index contributed by atoms with van der Waals surface area (Å²) in [5.74, 6) is 0. The van der Waals surface area contributed by atoms with Crippen molar-refractivity contribution in [3.63, 3.8) is 0 Å². The van der Waals surface area contributed by atoms with E-state index in [9.17, 15) is 10.1 Å². The van der Waals surface area contributed by atoms with E-state index in [0.717, 1.165) is 6.42 Å². The highest BCUT2D eigenvalue weighted by Gasteiger charge is 2.18. The van der Waals surface area contributed by atoms with Gasteiger partial charge in [0.05, 0.1) is 23.7 Å². The Morgan fingerprint density at radius 3 is 2.78 bits per heavy atom. The van der Waals surface area contributed by atoms with Crippen LogP contribution in [-0.4, -0.2) is 17.1 Å². The van der Waals surface area contributed by atoms with Gasteiger partial charge in [0.15, 0.2) is 0 Å². The van der Waals surface area contributed by atoms with Crippen LogP contribution in [0.25, 0.3) is 0 Å². The van der Waals surface area contributed by atoms with Crippen LogP contribution in [0.1, 0.15) is 25.8 Å². The highest BCUT2D eigenvalue weighted by molar-refractivity contribution is 6.30. The van der Waals surface area contributed by atoms with Gasteiger partial charge in [-0.2, -0.15) is 0 Å². The second kappa shape index (κ2) is 6.13. The van der Waals surface area contributed by atoms with Crippen molar-refractivity contribution >= 4 is 17.3 Å². The van der Waals surface area contributed by atoms with E-state index in [4.69, 9.17) is 22.1 Å². The van der Waals surface area contributed by atoms with Crippen molar-refractivity contribution in [3.8, 4) is 0 Å². The van der Waals surface area contributed by atoms with Crippen molar-refractivity contribution in [2.75, 3.05) is 6.61 Å². The van der Waals surface area contributed by atoms with E-state index in [1.165, 1.54) is 12.1 Å². The summed E-state index contributed by atoms with van der Waals surface area (Å²) in [6, 6.07) is 4.41. The minimum absolute atomic E-state index is 0.00891. The minimum atomic E-state index is -0.448. The van der Waals surface area contributed by atoms with E-state index < -0.39 is 10.5 Å². The molecule has 18 heavy (non-hydrogen) atoms. The molecule has 100 valence electrons. The average Bonchev–Trinajstić information content (AvgIpc) is 2.28. The summed E-state index contributed by atoms with van der Waals surface area (Å²) < 4.78 is 5.43. The number of hydrogen-bond donors (Lipinski definition) is 1. The molecule has 0 bridgehead atoms. The third kappa shape index (κ3) is 4.25. The number of nitrogens with zero attached hydrogens (tertiary/aromatic N) is 1. The van der Waals surface area contributed by atoms with E-state index in [-0.39, 0.29) is 12.3 Å². The van der Waals surface area contributed by atoms with Gasteiger partial charge in [-0.1, -0.05) is 18.5 Å². The maximum atomic E-state index is 10.8. The van der Waals surface area contributed by atoms with Crippen LogP contribution in [0, 0.1) is 10.1 Å². The fraction of sp³-hybridized carbons (Fsp3) is 0.500. The maximum Gasteiger partial charge on any atom is 0.275 e. The molecular weight excluding hydrogens is 256 g/mol. The third-order valence-corrected chi connectivity index (χ3v) is 2.97. The summed E-state index contributed by atoms with van der Waals surface area (Å²) in [5, 5.41) is 11.3. The Bertz CT molecular complexity index is 435. The van der Waals surface area contributed by atoms with Crippen molar-refractivity contribution in [1.82, 2.24) is 0 Å². The van der Waals surface area contributed by atoms with Crippen LogP contribution in [0.15, 0.2) is 18.2 Å². The Balaban J connectivity index is 2.72. The fourth-order valence-corrected chi connectivity index (χ4v) is 1.54. The lowest BCUT2D eigenvalue weighted by molar-refractivity contribution is -0.386. The lowest BCUT2D eigenvalue weighted by Gasteiger charge is -2.22. The predicted molar refractivity (Wildman–Crippen MR) is 70.6 cm³/mol. The van der Waals surface area contributed by atoms with Gasteiger partial charge in [0.1, 0.15) is 0 Å². The Kier molecular flexibility index (Phi) is 5.07. The molecule has 1 rings (SSSR count). The van der Waals surface area contributed by atoms with Crippen LogP contribution in [0.3, 0.4) is 0 Å². The molecule has 0 aromatic heterocycles. The second-order valence-corrected chi connectivity index (χ2v) is 4.97. The summed E-state index contributed by atoms with van der Waals surface area (Å²) in [6.45, 7) is 4.31.